The van der Waals surface area contributed by atoms with Gasteiger partial charge in [-0.1, -0.05) is 0 Å². The van der Waals surface area contributed by atoms with Gasteiger partial charge in [0.2, 0.25) is 5.91 Å². The summed E-state index contributed by atoms with van der Waals surface area (Å²) in [7, 11) is 1.51. The minimum absolute atomic E-state index is 0.0414. The summed E-state index contributed by atoms with van der Waals surface area (Å²) in [5, 5.41) is 11.2. The monoisotopic (exact) mass is 259 g/mol. The second kappa shape index (κ2) is 6.90. The lowest BCUT2D eigenvalue weighted by molar-refractivity contribution is -0.120. The highest BCUT2D eigenvalue weighted by Crippen LogP contribution is 2.23. The van der Waals surface area contributed by atoms with Gasteiger partial charge in [0.1, 0.15) is 0 Å². The lowest BCUT2D eigenvalue weighted by Crippen LogP contribution is -2.18. The van der Waals surface area contributed by atoms with Gasteiger partial charge in [-0.15, -0.1) is 0 Å². The first-order valence-corrected chi connectivity index (χ1v) is 5.50. The first kappa shape index (κ1) is 14.4. The van der Waals surface area contributed by atoms with Crippen LogP contribution >= 0.6 is 0 Å². The molecule has 0 unspecified atom stereocenters. The summed E-state index contributed by atoms with van der Waals surface area (Å²) in [5.41, 5.74) is 0.141. The Kier molecular flexibility index (Phi) is 5.51. The number of aliphatic hydroxyl groups excluding tert-OH is 1. The van der Waals surface area contributed by atoms with Crippen molar-refractivity contribution in [1.29, 1.82) is 0 Å². The molecule has 0 aromatic heterocycles. The normalized spacial score (nSPS) is 10.2. The zero-order chi connectivity index (χ0) is 13.5. The van der Waals surface area contributed by atoms with E-state index in [1.165, 1.54) is 7.05 Å². The summed E-state index contributed by atoms with van der Waals surface area (Å²) >= 11 is 0. The van der Waals surface area contributed by atoms with Gasteiger partial charge in [0.25, 0.3) is 0 Å². The number of hydrogen-bond donors (Lipinski definition) is 2. The fraction of sp³-hybridized carbons (Fsp3) is 0.417. The molecule has 0 saturated heterocycles. The Bertz CT molecular complexity index is 401. The molecule has 0 aliphatic carbocycles. The fourth-order valence-corrected chi connectivity index (χ4v) is 1.37. The molecule has 0 atom stereocenters. The standard InChI is InChI=1S/C12H15F2NO3/c1-15-11(17)3-2-4-18-12-9(13)5-8(7-16)6-10(12)14/h5-6,16H,2-4,7H2,1H3,(H,15,17). The van der Waals surface area contributed by atoms with Crippen LogP contribution in [0.3, 0.4) is 0 Å². The van der Waals surface area contributed by atoms with E-state index in [1.54, 1.807) is 0 Å². The summed E-state index contributed by atoms with van der Waals surface area (Å²) in [6, 6.07) is 2.02. The highest BCUT2D eigenvalue weighted by Gasteiger charge is 2.12. The number of carbonyl (C=O) groups is 1. The van der Waals surface area contributed by atoms with E-state index < -0.39 is 24.0 Å². The summed E-state index contributed by atoms with van der Waals surface area (Å²) in [5.74, 6) is -2.36. The second-order valence-electron chi connectivity index (χ2n) is 3.67. The smallest absolute Gasteiger partial charge is 0.219 e. The van der Waals surface area contributed by atoms with E-state index in [9.17, 15) is 13.6 Å². The minimum atomic E-state index is -0.862. The number of aliphatic hydroxyl groups is 1. The van der Waals surface area contributed by atoms with Gasteiger partial charge >= 0.3 is 0 Å². The van der Waals surface area contributed by atoms with Crippen molar-refractivity contribution in [2.75, 3.05) is 13.7 Å². The number of ether oxygens (including phenoxy) is 1. The Morgan fingerprint density at radius 3 is 2.50 bits per heavy atom. The van der Waals surface area contributed by atoms with Crippen molar-refractivity contribution in [3.8, 4) is 5.75 Å². The molecule has 2 N–H and O–H groups in total. The van der Waals surface area contributed by atoms with Crippen LogP contribution in [-0.2, 0) is 11.4 Å². The Hall–Kier alpha value is -1.69. The molecule has 0 bridgehead atoms. The number of benzene rings is 1. The van der Waals surface area contributed by atoms with Crippen LogP contribution in [0, 0.1) is 11.6 Å². The van der Waals surface area contributed by atoms with Gasteiger partial charge in [-0.05, 0) is 24.1 Å². The molecule has 0 aliphatic rings. The molecule has 6 heteroatoms. The number of carbonyl (C=O) groups excluding carboxylic acids is 1. The van der Waals surface area contributed by atoms with Crippen LogP contribution in [0.25, 0.3) is 0 Å². The lowest BCUT2D eigenvalue weighted by atomic mass is 10.2. The van der Waals surface area contributed by atoms with Gasteiger partial charge in [-0.3, -0.25) is 4.79 Å². The van der Waals surface area contributed by atoms with Crippen LogP contribution in [0.2, 0.25) is 0 Å². The molecule has 1 amide bonds. The molecule has 100 valence electrons. The number of hydrogen-bond acceptors (Lipinski definition) is 3. The van der Waals surface area contributed by atoms with Crippen LogP contribution in [0.1, 0.15) is 18.4 Å². The number of nitrogens with one attached hydrogen (secondary N) is 1. The van der Waals surface area contributed by atoms with Crippen molar-refractivity contribution in [3.63, 3.8) is 0 Å². The highest BCUT2D eigenvalue weighted by molar-refractivity contribution is 5.75. The fourth-order valence-electron chi connectivity index (χ4n) is 1.37. The third-order valence-electron chi connectivity index (χ3n) is 2.31. The van der Waals surface area contributed by atoms with Crippen LogP contribution in [0.15, 0.2) is 12.1 Å². The first-order valence-electron chi connectivity index (χ1n) is 5.50. The van der Waals surface area contributed by atoms with E-state index in [1.807, 2.05) is 0 Å². The molecule has 0 fully saturated rings. The summed E-state index contributed by atoms with van der Waals surface area (Å²) < 4.78 is 31.7. The van der Waals surface area contributed by atoms with Crippen molar-refractivity contribution < 1.29 is 23.4 Å². The predicted octanol–water partition coefficient (Wildman–Crippen LogP) is 1.36. The van der Waals surface area contributed by atoms with Crippen molar-refractivity contribution in [2.24, 2.45) is 0 Å². The zero-order valence-corrected chi connectivity index (χ0v) is 10.0. The molecule has 1 rings (SSSR count). The van der Waals surface area contributed by atoms with E-state index in [0.717, 1.165) is 12.1 Å². The maximum absolute atomic E-state index is 13.4. The highest BCUT2D eigenvalue weighted by atomic mass is 19.1. The third-order valence-corrected chi connectivity index (χ3v) is 2.31. The van der Waals surface area contributed by atoms with Crippen molar-refractivity contribution in [2.45, 2.75) is 19.4 Å². The minimum Gasteiger partial charge on any atom is -0.488 e. The predicted molar refractivity (Wildman–Crippen MR) is 61.1 cm³/mol. The molecule has 0 saturated carbocycles. The molecule has 1 aromatic carbocycles. The number of halogens is 2. The van der Waals surface area contributed by atoms with Gasteiger partial charge in [-0.2, -0.15) is 0 Å². The van der Waals surface area contributed by atoms with Crippen LogP contribution in [0.4, 0.5) is 8.78 Å². The Balaban J connectivity index is 2.54. The number of rotatable bonds is 6. The maximum atomic E-state index is 13.4. The largest absolute Gasteiger partial charge is 0.488 e. The molecular formula is C12H15F2NO3. The van der Waals surface area contributed by atoms with Gasteiger partial charge in [0.15, 0.2) is 17.4 Å². The molecule has 18 heavy (non-hydrogen) atoms. The second-order valence-corrected chi connectivity index (χ2v) is 3.67. The maximum Gasteiger partial charge on any atom is 0.219 e. The van der Waals surface area contributed by atoms with E-state index >= 15 is 0 Å². The molecule has 4 nitrogen and oxygen atoms in total. The van der Waals surface area contributed by atoms with Crippen LogP contribution in [0.5, 0.6) is 5.75 Å². The van der Waals surface area contributed by atoms with Gasteiger partial charge in [-0.25, -0.2) is 8.78 Å². The van der Waals surface area contributed by atoms with Gasteiger partial charge in [0.05, 0.1) is 13.2 Å². The van der Waals surface area contributed by atoms with E-state index in [0.29, 0.717) is 6.42 Å². The van der Waals surface area contributed by atoms with E-state index in [4.69, 9.17) is 9.84 Å². The molecule has 1 aromatic rings. The summed E-state index contributed by atoms with van der Waals surface area (Å²) in [4.78, 5) is 10.9. The molecule has 0 spiro atoms. The van der Waals surface area contributed by atoms with Crippen LogP contribution < -0.4 is 10.1 Å². The lowest BCUT2D eigenvalue weighted by Gasteiger charge is -2.09. The quantitative estimate of drug-likeness (QED) is 0.758. The van der Waals surface area contributed by atoms with Crippen LogP contribution in [-0.4, -0.2) is 24.7 Å². The topological polar surface area (TPSA) is 58.6 Å². The third kappa shape index (κ3) is 3.96. The summed E-state index contributed by atoms with van der Waals surface area (Å²) in [6.07, 6.45) is 0.592. The average molecular weight is 259 g/mol. The van der Waals surface area contributed by atoms with Gasteiger partial charge < -0.3 is 15.2 Å². The van der Waals surface area contributed by atoms with Crippen molar-refractivity contribution in [1.82, 2.24) is 5.32 Å². The zero-order valence-electron chi connectivity index (χ0n) is 10.0. The molecular weight excluding hydrogens is 244 g/mol. The number of amides is 1. The SMILES string of the molecule is CNC(=O)CCCOc1c(F)cc(CO)cc1F. The first-order chi connectivity index (χ1) is 8.58. The van der Waals surface area contributed by atoms with E-state index in [2.05, 4.69) is 5.32 Å². The van der Waals surface area contributed by atoms with E-state index in [-0.39, 0.29) is 24.5 Å². The van der Waals surface area contributed by atoms with Gasteiger partial charge in [0, 0.05) is 13.5 Å². The average Bonchev–Trinajstić information content (AvgIpc) is 2.36. The Morgan fingerprint density at radius 2 is 2.00 bits per heavy atom. The Labute approximate surface area is 104 Å². The van der Waals surface area contributed by atoms with Crippen molar-refractivity contribution in [3.05, 3.63) is 29.3 Å². The molecule has 0 radical (unpaired) electrons. The van der Waals surface area contributed by atoms with Crippen molar-refractivity contribution >= 4 is 5.91 Å². The Morgan fingerprint density at radius 1 is 1.39 bits per heavy atom. The molecule has 0 heterocycles. The summed E-state index contributed by atoms with van der Waals surface area (Å²) in [6.45, 7) is -0.398. The molecule has 0 aliphatic heterocycles.